The summed E-state index contributed by atoms with van der Waals surface area (Å²) in [6.07, 6.45) is 18.5. The summed E-state index contributed by atoms with van der Waals surface area (Å²) < 4.78 is 3.45. The van der Waals surface area contributed by atoms with Crippen LogP contribution in [0.4, 0.5) is 5.95 Å². The van der Waals surface area contributed by atoms with Crippen LogP contribution in [0.15, 0.2) is 9.59 Å². The third kappa shape index (κ3) is 8.04. The van der Waals surface area contributed by atoms with E-state index >= 15 is 0 Å². The molecular formula is C26H47N5O2. The normalized spacial score (nSPS) is 11.5. The summed E-state index contributed by atoms with van der Waals surface area (Å²) >= 11 is 0. The van der Waals surface area contributed by atoms with Crippen molar-refractivity contribution in [1.29, 1.82) is 0 Å². The van der Waals surface area contributed by atoms with E-state index in [1.807, 2.05) is 4.57 Å². The molecule has 7 heteroatoms. The van der Waals surface area contributed by atoms with E-state index in [0.717, 1.165) is 38.4 Å². The van der Waals surface area contributed by atoms with Crippen LogP contribution in [-0.2, 0) is 13.6 Å². The Labute approximate surface area is 199 Å². The second kappa shape index (κ2) is 15.0. The Morgan fingerprint density at radius 2 is 1.24 bits per heavy atom. The van der Waals surface area contributed by atoms with Gasteiger partial charge in [-0.1, -0.05) is 90.4 Å². The Hall–Kier alpha value is -2.05. The number of aromatic nitrogens is 4. The van der Waals surface area contributed by atoms with E-state index in [4.69, 9.17) is 4.98 Å². The molecule has 0 saturated heterocycles. The summed E-state index contributed by atoms with van der Waals surface area (Å²) in [5, 5.41) is 0. The topological polar surface area (TPSA) is 75.9 Å². The number of hydrogen-bond acceptors (Lipinski definition) is 4. The standard InChI is InChI=1S/C26H47N5O2/c1-5-8-9-10-11-12-13-14-15-16-17-18-19-20-21-31-22-23(27-25(31)30(6-2)7-3)29(4)26(33)28-24(22)32/h5-21H2,1-4H3,(H,28,32,33). The molecular weight excluding hydrogens is 414 g/mol. The fourth-order valence-electron chi connectivity index (χ4n) is 4.65. The average Bonchev–Trinajstić information content (AvgIpc) is 3.18. The molecule has 0 aliphatic rings. The fraction of sp³-hybridized carbons (Fsp3) is 0.808. The highest BCUT2D eigenvalue weighted by molar-refractivity contribution is 5.74. The monoisotopic (exact) mass is 461 g/mol. The van der Waals surface area contributed by atoms with Gasteiger partial charge in [0.05, 0.1) is 0 Å². The molecule has 2 heterocycles. The van der Waals surface area contributed by atoms with Gasteiger partial charge in [0.25, 0.3) is 5.56 Å². The number of rotatable bonds is 18. The van der Waals surface area contributed by atoms with E-state index in [1.165, 1.54) is 81.6 Å². The van der Waals surface area contributed by atoms with Crippen LogP contribution in [0.2, 0.25) is 0 Å². The molecule has 2 rings (SSSR count). The van der Waals surface area contributed by atoms with Gasteiger partial charge in [0.2, 0.25) is 5.95 Å². The zero-order valence-electron chi connectivity index (χ0n) is 21.6. The molecule has 0 fully saturated rings. The number of nitrogens with zero attached hydrogens (tertiary/aromatic N) is 4. The highest BCUT2D eigenvalue weighted by Crippen LogP contribution is 2.21. The molecule has 33 heavy (non-hydrogen) atoms. The van der Waals surface area contributed by atoms with Gasteiger partial charge in [-0.2, -0.15) is 4.98 Å². The first-order valence-corrected chi connectivity index (χ1v) is 13.5. The van der Waals surface area contributed by atoms with Gasteiger partial charge in [-0.15, -0.1) is 0 Å². The number of unbranched alkanes of at least 4 members (excludes halogenated alkanes) is 13. The predicted octanol–water partition coefficient (Wildman–Crippen LogP) is 5.75. The van der Waals surface area contributed by atoms with Crippen LogP contribution in [0.25, 0.3) is 11.2 Å². The molecule has 0 atom stereocenters. The van der Waals surface area contributed by atoms with Gasteiger partial charge >= 0.3 is 5.69 Å². The number of imidazole rings is 1. The highest BCUT2D eigenvalue weighted by Gasteiger charge is 2.19. The lowest BCUT2D eigenvalue weighted by atomic mass is 10.0. The van der Waals surface area contributed by atoms with Gasteiger partial charge in [-0.25, -0.2) is 4.79 Å². The lowest BCUT2D eigenvalue weighted by Crippen LogP contribution is -2.29. The van der Waals surface area contributed by atoms with E-state index < -0.39 is 5.69 Å². The summed E-state index contributed by atoms with van der Waals surface area (Å²) in [5.74, 6) is 0.788. The second-order valence-electron chi connectivity index (χ2n) is 9.32. The van der Waals surface area contributed by atoms with E-state index in [-0.39, 0.29) is 5.56 Å². The molecule has 1 N–H and O–H groups in total. The molecule has 0 radical (unpaired) electrons. The summed E-state index contributed by atoms with van der Waals surface area (Å²) in [7, 11) is 1.66. The molecule has 0 aliphatic heterocycles. The van der Waals surface area contributed by atoms with Gasteiger partial charge in [0, 0.05) is 26.7 Å². The van der Waals surface area contributed by atoms with Crippen molar-refractivity contribution in [3.05, 3.63) is 20.8 Å². The molecule has 0 bridgehead atoms. The number of hydrogen-bond donors (Lipinski definition) is 1. The Morgan fingerprint density at radius 1 is 0.758 bits per heavy atom. The quantitative estimate of drug-likeness (QED) is 0.287. The number of aromatic amines is 1. The zero-order valence-corrected chi connectivity index (χ0v) is 21.6. The van der Waals surface area contributed by atoms with E-state index in [0.29, 0.717) is 11.2 Å². The van der Waals surface area contributed by atoms with E-state index in [1.54, 1.807) is 7.05 Å². The van der Waals surface area contributed by atoms with Crippen molar-refractivity contribution in [1.82, 2.24) is 19.1 Å². The number of nitrogens with one attached hydrogen (secondary N) is 1. The van der Waals surface area contributed by atoms with Gasteiger partial charge in [0.1, 0.15) is 0 Å². The number of fused-ring (bicyclic) bond motifs is 1. The van der Waals surface area contributed by atoms with Gasteiger partial charge in [0.15, 0.2) is 11.2 Å². The third-order valence-corrected chi connectivity index (χ3v) is 6.77. The third-order valence-electron chi connectivity index (χ3n) is 6.77. The minimum atomic E-state index is -0.417. The summed E-state index contributed by atoms with van der Waals surface area (Å²) in [6, 6.07) is 0. The molecule has 0 amide bonds. The predicted molar refractivity (Wildman–Crippen MR) is 139 cm³/mol. The van der Waals surface area contributed by atoms with Crippen molar-refractivity contribution in [3.8, 4) is 0 Å². The van der Waals surface area contributed by atoms with Crippen molar-refractivity contribution >= 4 is 17.1 Å². The first kappa shape index (κ1) is 27.2. The van der Waals surface area contributed by atoms with Crippen LogP contribution < -0.4 is 16.1 Å². The smallest absolute Gasteiger partial charge is 0.329 e. The number of H-pyrrole nitrogens is 1. The van der Waals surface area contributed by atoms with Gasteiger partial charge < -0.3 is 9.47 Å². The van der Waals surface area contributed by atoms with Crippen molar-refractivity contribution in [2.45, 2.75) is 117 Å². The van der Waals surface area contributed by atoms with Crippen molar-refractivity contribution in [3.63, 3.8) is 0 Å². The summed E-state index contributed by atoms with van der Waals surface area (Å²) in [4.78, 5) is 33.9. The Balaban J connectivity index is 1.77. The van der Waals surface area contributed by atoms with Crippen LogP contribution in [-0.4, -0.2) is 32.2 Å². The Kier molecular flexibility index (Phi) is 12.3. The minimum absolute atomic E-state index is 0.343. The fourth-order valence-corrected chi connectivity index (χ4v) is 4.65. The van der Waals surface area contributed by atoms with E-state index in [9.17, 15) is 9.59 Å². The lowest BCUT2D eigenvalue weighted by molar-refractivity contribution is 0.525. The molecule has 0 aliphatic carbocycles. The largest absolute Gasteiger partial charge is 0.343 e. The number of aryl methyl sites for hydroxylation is 2. The van der Waals surface area contributed by atoms with Gasteiger partial charge in [-0.3, -0.25) is 14.3 Å². The first-order valence-electron chi connectivity index (χ1n) is 13.5. The molecule has 0 spiro atoms. The summed E-state index contributed by atoms with van der Waals surface area (Å²) in [5.41, 5.74) is 0.216. The maximum absolute atomic E-state index is 12.6. The minimum Gasteiger partial charge on any atom is -0.343 e. The van der Waals surface area contributed by atoms with Gasteiger partial charge in [-0.05, 0) is 20.3 Å². The summed E-state index contributed by atoms with van der Waals surface area (Å²) in [6.45, 7) is 8.82. The molecule has 2 aromatic rings. The Morgan fingerprint density at radius 3 is 1.73 bits per heavy atom. The maximum Gasteiger partial charge on any atom is 0.329 e. The Bertz CT molecular complexity index is 923. The molecule has 0 unspecified atom stereocenters. The average molecular weight is 462 g/mol. The highest BCUT2D eigenvalue weighted by atomic mass is 16.2. The van der Waals surface area contributed by atoms with Crippen molar-refractivity contribution in [2.75, 3.05) is 18.0 Å². The lowest BCUT2D eigenvalue weighted by Gasteiger charge is -2.21. The molecule has 7 nitrogen and oxygen atoms in total. The van der Waals surface area contributed by atoms with E-state index in [2.05, 4.69) is 30.7 Å². The first-order chi connectivity index (χ1) is 16.0. The molecule has 2 aromatic heterocycles. The van der Waals surface area contributed by atoms with Crippen molar-refractivity contribution < 1.29 is 0 Å². The van der Waals surface area contributed by atoms with Crippen LogP contribution in [0.3, 0.4) is 0 Å². The molecule has 0 saturated carbocycles. The number of anilines is 1. The van der Waals surface area contributed by atoms with Crippen LogP contribution in [0.1, 0.15) is 111 Å². The van der Waals surface area contributed by atoms with Crippen LogP contribution >= 0.6 is 0 Å². The molecule has 188 valence electrons. The molecule has 0 aromatic carbocycles. The van der Waals surface area contributed by atoms with Crippen LogP contribution in [0, 0.1) is 0 Å². The zero-order chi connectivity index (χ0) is 24.1. The SMILES string of the molecule is CCCCCCCCCCCCCCCCn1c(N(CC)CC)nc2c1c(=O)[nH]c(=O)n2C. The van der Waals surface area contributed by atoms with Crippen LogP contribution in [0.5, 0.6) is 0 Å². The second-order valence-corrected chi connectivity index (χ2v) is 9.32. The van der Waals surface area contributed by atoms with Crippen molar-refractivity contribution in [2.24, 2.45) is 7.05 Å². The maximum atomic E-state index is 12.6.